The van der Waals surface area contributed by atoms with Crippen molar-refractivity contribution in [2.45, 2.75) is 19.3 Å². The molecule has 0 spiro atoms. The highest BCUT2D eigenvalue weighted by Gasteiger charge is 2.10. The van der Waals surface area contributed by atoms with Crippen LogP contribution in [0.2, 0.25) is 0 Å². The van der Waals surface area contributed by atoms with E-state index in [9.17, 15) is 4.79 Å². The predicted molar refractivity (Wildman–Crippen MR) is 46.1 cm³/mol. The Morgan fingerprint density at radius 2 is 2.42 bits per heavy atom. The van der Waals surface area contributed by atoms with Crippen LogP contribution in [0.4, 0.5) is 0 Å². The molecule has 0 amide bonds. The summed E-state index contributed by atoms with van der Waals surface area (Å²) < 4.78 is 1.92. The molecule has 1 rings (SSSR count). The lowest BCUT2D eigenvalue weighted by atomic mass is 10.0. The van der Waals surface area contributed by atoms with Crippen LogP contribution < -0.4 is 0 Å². The van der Waals surface area contributed by atoms with Gasteiger partial charge in [0.2, 0.25) is 0 Å². The van der Waals surface area contributed by atoms with Crippen LogP contribution in [0.25, 0.3) is 0 Å². The van der Waals surface area contributed by atoms with Gasteiger partial charge in [-0.05, 0) is 17.5 Å². The lowest BCUT2D eigenvalue weighted by molar-refractivity contribution is -0.137. The SMILES string of the molecule is CC(CC(=O)O)c1ccn(C)c1. The van der Waals surface area contributed by atoms with E-state index < -0.39 is 5.97 Å². The van der Waals surface area contributed by atoms with Gasteiger partial charge >= 0.3 is 5.97 Å². The molecule has 1 N–H and O–H groups in total. The summed E-state index contributed by atoms with van der Waals surface area (Å²) in [5, 5.41) is 8.55. The molecule has 3 heteroatoms. The summed E-state index contributed by atoms with van der Waals surface area (Å²) in [6, 6.07) is 1.95. The maximum Gasteiger partial charge on any atom is 0.303 e. The van der Waals surface area contributed by atoms with Crippen LogP contribution in [0.1, 0.15) is 24.8 Å². The average Bonchev–Trinajstić information content (AvgIpc) is 2.34. The molecule has 0 saturated heterocycles. The van der Waals surface area contributed by atoms with Gasteiger partial charge in [0.05, 0.1) is 6.42 Å². The van der Waals surface area contributed by atoms with Crippen molar-refractivity contribution in [1.29, 1.82) is 0 Å². The number of carbonyl (C=O) groups is 1. The first kappa shape index (κ1) is 8.84. The Balaban J connectivity index is 2.64. The molecule has 12 heavy (non-hydrogen) atoms. The van der Waals surface area contributed by atoms with Gasteiger partial charge in [0.25, 0.3) is 0 Å². The zero-order valence-electron chi connectivity index (χ0n) is 7.32. The number of carboxylic acid groups (broad SMARTS) is 1. The third-order valence-electron chi connectivity index (χ3n) is 1.90. The van der Waals surface area contributed by atoms with E-state index in [0.717, 1.165) is 5.56 Å². The predicted octanol–water partition coefficient (Wildman–Crippen LogP) is 1.60. The highest BCUT2D eigenvalue weighted by molar-refractivity contribution is 5.67. The fraction of sp³-hybridized carbons (Fsp3) is 0.444. The molecule has 0 saturated carbocycles. The van der Waals surface area contributed by atoms with Gasteiger partial charge in [0, 0.05) is 19.4 Å². The molecule has 1 aromatic heterocycles. The van der Waals surface area contributed by atoms with Crippen LogP contribution in [0.5, 0.6) is 0 Å². The van der Waals surface area contributed by atoms with Crippen LogP contribution in [-0.2, 0) is 11.8 Å². The normalized spacial score (nSPS) is 12.8. The topological polar surface area (TPSA) is 42.2 Å². The standard InChI is InChI=1S/C9H13NO2/c1-7(5-9(11)12)8-3-4-10(2)6-8/h3-4,6-7H,5H2,1-2H3,(H,11,12). The van der Waals surface area contributed by atoms with Crippen molar-refractivity contribution in [1.82, 2.24) is 4.57 Å². The number of aromatic nitrogens is 1. The van der Waals surface area contributed by atoms with Crippen molar-refractivity contribution in [3.63, 3.8) is 0 Å². The van der Waals surface area contributed by atoms with Crippen molar-refractivity contribution in [3.05, 3.63) is 24.0 Å². The van der Waals surface area contributed by atoms with E-state index in [1.54, 1.807) is 0 Å². The first-order valence-electron chi connectivity index (χ1n) is 3.93. The Morgan fingerprint density at radius 1 is 1.75 bits per heavy atom. The Bertz CT molecular complexity index is 278. The molecule has 1 atom stereocenters. The summed E-state index contributed by atoms with van der Waals surface area (Å²) in [7, 11) is 1.93. The summed E-state index contributed by atoms with van der Waals surface area (Å²) in [4.78, 5) is 10.4. The molecule has 1 unspecified atom stereocenters. The van der Waals surface area contributed by atoms with Gasteiger partial charge < -0.3 is 9.67 Å². The first-order valence-corrected chi connectivity index (χ1v) is 3.93. The summed E-state index contributed by atoms with van der Waals surface area (Å²) in [6.07, 6.45) is 4.07. The van der Waals surface area contributed by atoms with E-state index in [0.29, 0.717) is 0 Å². The smallest absolute Gasteiger partial charge is 0.303 e. The van der Waals surface area contributed by atoms with Gasteiger partial charge in [-0.15, -0.1) is 0 Å². The zero-order chi connectivity index (χ0) is 9.14. The summed E-state index contributed by atoms with van der Waals surface area (Å²) >= 11 is 0. The van der Waals surface area contributed by atoms with Gasteiger partial charge in [-0.25, -0.2) is 0 Å². The molecular formula is C9H13NO2. The Labute approximate surface area is 71.6 Å². The van der Waals surface area contributed by atoms with E-state index in [-0.39, 0.29) is 12.3 Å². The molecule has 1 aromatic rings. The van der Waals surface area contributed by atoms with Crippen LogP contribution in [0.3, 0.4) is 0 Å². The molecule has 0 bridgehead atoms. The lowest BCUT2D eigenvalue weighted by Gasteiger charge is -2.04. The number of carboxylic acids is 1. The maximum atomic E-state index is 10.4. The van der Waals surface area contributed by atoms with Gasteiger partial charge in [-0.3, -0.25) is 4.79 Å². The Hall–Kier alpha value is -1.25. The van der Waals surface area contributed by atoms with Gasteiger partial charge in [-0.1, -0.05) is 6.92 Å². The third kappa shape index (κ3) is 2.12. The summed E-state index contributed by atoms with van der Waals surface area (Å²) in [6.45, 7) is 1.92. The van der Waals surface area contributed by atoms with Crippen LogP contribution >= 0.6 is 0 Å². The molecule has 66 valence electrons. The van der Waals surface area contributed by atoms with Crippen molar-refractivity contribution in [2.24, 2.45) is 7.05 Å². The van der Waals surface area contributed by atoms with Crippen molar-refractivity contribution in [3.8, 4) is 0 Å². The molecular weight excluding hydrogens is 154 g/mol. The largest absolute Gasteiger partial charge is 0.481 e. The first-order chi connectivity index (χ1) is 5.59. The van der Waals surface area contributed by atoms with E-state index >= 15 is 0 Å². The van der Waals surface area contributed by atoms with Gasteiger partial charge in [-0.2, -0.15) is 0 Å². The van der Waals surface area contributed by atoms with Crippen LogP contribution in [0.15, 0.2) is 18.5 Å². The molecule has 0 aliphatic heterocycles. The van der Waals surface area contributed by atoms with Gasteiger partial charge in [0.15, 0.2) is 0 Å². The average molecular weight is 167 g/mol. The molecule has 3 nitrogen and oxygen atoms in total. The number of aliphatic carboxylic acids is 1. The van der Waals surface area contributed by atoms with E-state index in [2.05, 4.69) is 0 Å². The lowest BCUT2D eigenvalue weighted by Crippen LogP contribution is -2.01. The van der Waals surface area contributed by atoms with E-state index in [4.69, 9.17) is 5.11 Å². The van der Waals surface area contributed by atoms with Crippen molar-refractivity contribution in [2.75, 3.05) is 0 Å². The van der Waals surface area contributed by atoms with Crippen molar-refractivity contribution >= 4 is 5.97 Å². The number of hydrogen-bond donors (Lipinski definition) is 1. The fourth-order valence-corrected chi connectivity index (χ4v) is 1.20. The molecule has 0 aliphatic carbocycles. The number of hydrogen-bond acceptors (Lipinski definition) is 1. The van der Waals surface area contributed by atoms with Crippen LogP contribution in [-0.4, -0.2) is 15.6 Å². The second-order valence-corrected chi connectivity index (χ2v) is 3.11. The molecule has 0 aliphatic rings. The quantitative estimate of drug-likeness (QED) is 0.743. The highest BCUT2D eigenvalue weighted by Crippen LogP contribution is 2.18. The Kier molecular flexibility index (Phi) is 2.53. The minimum absolute atomic E-state index is 0.101. The molecule has 0 fully saturated rings. The zero-order valence-corrected chi connectivity index (χ0v) is 7.32. The van der Waals surface area contributed by atoms with E-state index in [1.165, 1.54) is 0 Å². The van der Waals surface area contributed by atoms with Crippen LogP contribution in [0, 0.1) is 0 Å². The van der Waals surface area contributed by atoms with Gasteiger partial charge in [0.1, 0.15) is 0 Å². The number of aryl methyl sites for hydroxylation is 1. The molecule has 1 heterocycles. The molecule has 0 aromatic carbocycles. The van der Waals surface area contributed by atoms with E-state index in [1.807, 2.05) is 37.0 Å². The Morgan fingerprint density at radius 3 is 2.83 bits per heavy atom. The summed E-state index contributed by atoms with van der Waals surface area (Å²) in [5.41, 5.74) is 1.08. The summed E-state index contributed by atoms with van der Waals surface area (Å²) in [5.74, 6) is -0.643. The minimum atomic E-state index is -0.744. The monoisotopic (exact) mass is 167 g/mol. The highest BCUT2D eigenvalue weighted by atomic mass is 16.4. The third-order valence-corrected chi connectivity index (χ3v) is 1.90. The minimum Gasteiger partial charge on any atom is -0.481 e. The van der Waals surface area contributed by atoms with Crippen molar-refractivity contribution < 1.29 is 9.90 Å². The molecule has 0 radical (unpaired) electrons. The second-order valence-electron chi connectivity index (χ2n) is 3.11. The fourth-order valence-electron chi connectivity index (χ4n) is 1.20. The maximum absolute atomic E-state index is 10.4. The number of rotatable bonds is 3. The number of nitrogens with zero attached hydrogens (tertiary/aromatic N) is 1. The second kappa shape index (κ2) is 3.43.